The third-order valence-electron chi connectivity index (χ3n) is 2.65. The number of halogens is 1. The predicted molar refractivity (Wildman–Crippen MR) is 66.3 cm³/mol. The molecule has 1 aromatic carbocycles. The van der Waals surface area contributed by atoms with E-state index in [-0.39, 0.29) is 11.9 Å². The Morgan fingerprint density at radius 3 is 2.78 bits per heavy atom. The lowest BCUT2D eigenvalue weighted by molar-refractivity contribution is -0.677. The van der Waals surface area contributed by atoms with Crippen LogP contribution in [0.25, 0.3) is 11.3 Å². The van der Waals surface area contributed by atoms with E-state index >= 15 is 0 Å². The molecule has 0 aliphatic heterocycles. The zero-order valence-electron chi connectivity index (χ0n) is 10.3. The fourth-order valence-electron chi connectivity index (χ4n) is 1.76. The molecule has 2 rings (SSSR count). The van der Waals surface area contributed by atoms with Crippen molar-refractivity contribution in [2.45, 2.75) is 19.6 Å². The van der Waals surface area contributed by atoms with E-state index in [4.69, 9.17) is 9.52 Å². The summed E-state index contributed by atoms with van der Waals surface area (Å²) >= 11 is 0. The molecule has 0 aliphatic carbocycles. The van der Waals surface area contributed by atoms with Gasteiger partial charge in [-0.05, 0) is 31.2 Å². The maximum absolute atomic E-state index is 13.5. The smallest absolute Gasteiger partial charge is 0.158 e. The summed E-state index contributed by atoms with van der Waals surface area (Å²) in [7, 11) is 0. The molecular formula is C14H17FNO2+. The second-order valence-corrected chi connectivity index (χ2v) is 4.32. The number of hydrogen-bond acceptors (Lipinski definition) is 2. The summed E-state index contributed by atoms with van der Waals surface area (Å²) in [6.45, 7) is 3.00. The molecule has 96 valence electrons. The van der Waals surface area contributed by atoms with Crippen LogP contribution in [0.15, 0.2) is 40.8 Å². The van der Waals surface area contributed by atoms with E-state index in [0.717, 1.165) is 5.76 Å². The lowest BCUT2D eigenvalue weighted by Gasteiger charge is -2.02. The topological polar surface area (TPSA) is 50.0 Å². The highest BCUT2D eigenvalue weighted by atomic mass is 19.1. The standard InChI is InChI=1S/C14H16FNO2/c1-10(17)8-16-9-11-6-7-14(18-11)12-4-2-3-5-13(12)15/h2-7,10,16-17H,8-9H2,1H3/p+1/t10-/m0/s1. The lowest BCUT2D eigenvalue weighted by atomic mass is 10.1. The highest BCUT2D eigenvalue weighted by molar-refractivity contribution is 5.58. The average Bonchev–Trinajstić information content (AvgIpc) is 2.78. The van der Waals surface area contributed by atoms with Crippen LogP contribution < -0.4 is 5.32 Å². The number of quaternary nitrogens is 1. The van der Waals surface area contributed by atoms with E-state index in [0.29, 0.717) is 24.4 Å². The Morgan fingerprint density at radius 2 is 2.06 bits per heavy atom. The van der Waals surface area contributed by atoms with Crippen molar-refractivity contribution in [3.8, 4) is 11.3 Å². The zero-order chi connectivity index (χ0) is 13.0. The van der Waals surface area contributed by atoms with Gasteiger partial charge in [0.15, 0.2) is 5.76 Å². The average molecular weight is 250 g/mol. The summed E-state index contributed by atoms with van der Waals surface area (Å²) in [6.07, 6.45) is -0.342. The maximum atomic E-state index is 13.5. The SMILES string of the molecule is C[C@H](O)C[NH2+]Cc1ccc(-c2ccccc2F)o1. The third kappa shape index (κ3) is 3.18. The summed E-state index contributed by atoms with van der Waals surface area (Å²) in [5.41, 5.74) is 0.472. The Kier molecular flexibility index (Phi) is 4.12. The Bertz CT molecular complexity index is 508. The van der Waals surface area contributed by atoms with Crippen LogP contribution in [0.4, 0.5) is 4.39 Å². The maximum Gasteiger partial charge on any atom is 0.158 e. The van der Waals surface area contributed by atoms with E-state index in [9.17, 15) is 4.39 Å². The van der Waals surface area contributed by atoms with Gasteiger partial charge < -0.3 is 14.8 Å². The highest BCUT2D eigenvalue weighted by Gasteiger charge is 2.10. The van der Waals surface area contributed by atoms with Gasteiger partial charge in [0.25, 0.3) is 0 Å². The number of furan rings is 1. The molecule has 2 aromatic rings. The number of rotatable bonds is 5. The molecule has 1 heterocycles. The Hall–Kier alpha value is -1.65. The second-order valence-electron chi connectivity index (χ2n) is 4.32. The van der Waals surface area contributed by atoms with Crippen molar-refractivity contribution in [1.29, 1.82) is 0 Å². The summed E-state index contributed by atoms with van der Waals surface area (Å²) in [5.74, 6) is 1.02. The van der Waals surface area contributed by atoms with Crippen LogP contribution >= 0.6 is 0 Å². The molecule has 4 heteroatoms. The monoisotopic (exact) mass is 250 g/mol. The van der Waals surface area contributed by atoms with E-state index in [1.54, 1.807) is 31.2 Å². The molecule has 0 fully saturated rings. The molecule has 1 aromatic heterocycles. The normalized spacial score (nSPS) is 12.6. The summed E-state index contributed by atoms with van der Waals surface area (Å²) in [6, 6.07) is 10.1. The fourth-order valence-corrected chi connectivity index (χ4v) is 1.76. The Labute approximate surface area is 105 Å². The van der Waals surface area contributed by atoms with Gasteiger partial charge in [0.1, 0.15) is 24.7 Å². The van der Waals surface area contributed by atoms with Crippen LogP contribution in [0, 0.1) is 5.82 Å². The van der Waals surface area contributed by atoms with Gasteiger partial charge in [0, 0.05) is 0 Å². The predicted octanol–water partition coefficient (Wildman–Crippen LogP) is 1.53. The molecule has 0 saturated carbocycles. The van der Waals surface area contributed by atoms with Crippen molar-refractivity contribution in [3.05, 3.63) is 48.0 Å². The number of benzene rings is 1. The Morgan fingerprint density at radius 1 is 1.28 bits per heavy atom. The highest BCUT2D eigenvalue weighted by Crippen LogP contribution is 2.24. The largest absolute Gasteiger partial charge is 0.455 e. The number of nitrogens with two attached hydrogens (primary N) is 1. The minimum absolute atomic E-state index is 0.286. The molecule has 0 amide bonds. The first-order valence-corrected chi connectivity index (χ1v) is 6.00. The van der Waals surface area contributed by atoms with Gasteiger partial charge in [-0.15, -0.1) is 0 Å². The van der Waals surface area contributed by atoms with Crippen LogP contribution in [0.1, 0.15) is 12.7 Å². The molecule has 3 N–H and O–H groups in total. The summed E-state index contributed by atoms with van der Waals surface area (Å²) < 4.78 is 19.1. The number of aliphatic hydroxyl groups excluding tert-OH is 1. The van der Waals surface area contributed by atoms with Gasteiger partial charge in [0.05, 0.1) is 11.7 Å². The van der Waals surface area contributed by atoms with Crippen molar-refractivity contribution < 1.29 is 19.2 Å². The van der Waals surface area contributed by atoms with Crippen molar-refractivity contribution in [2.75, 3.05) is 6.54 Å². The van der Waals surface area contributed by atoms with Crippen LogP contribution in [-0.4, -0.2) is 17.8 Å². The molecule has 0 unspecified atom stereocenters. The van der Waals surface area contributed by atoms with E-state index in [2.05, 4.69) is 0 Å². The first-order chi connectivity index (χ1) is 8.66. The Balaban J connectivity index is 2.04. The molecule has 0 radical (unpaired) electrons. The van der Waals surface area contributed by atoms with Gasteiger partial charge in [-0.1, -0.05) is 12.1 Å². The van der Waals surface area contributed by atoms with Crippen molar-refractivity contribution in [2.24, 2.45) is 0 Å². The van der Waals surface area contributed by atoms with E-state index < -0.39 is 0 Å². The minimum Gasteiger partial charge on any atom is -0.455 e. The van der Waals surface area contributed by atoms with Crippen LogP contribution in [-0.2, 0) is 6.54 Å². The van der Waals surface area contributed by atoms with Gasteiger partial charge in [0.2, 0.25) is 0 Å². The third-order valence-corrected chi connectivity index (χ3v) is 2.65. The molecule has 0 bridgehead atoms. The van der Waals surface area contributed by atoms with Crippen molar-refractivity contribution in [3.63, 3.8) is 0 Å². The summed E-state index contributed by atoms with van der Waals surface area (Å²) in [5, 5.41) is 11.1. The molecule has 0 saturated heterocycles. The molecule has 18 heavy (non-hydrogen) atoms. The first kappa shape index (κ1) is 12.8. The second kappa shape index (κ2) is 5.80. The molecule has 0 spiro atoms. The fraction of sp³-hybridized carbons (Fsp3) is 0.286. The van der Waals surface area contributed by atoms with Crippen molar-refractivity contribution in [1.82, 2.24) is 0 Å². The first-order valence-electron chi connectivity index (χ1n) is 6.00. The van der Waals surface area contributed by atoms with E-state index in [1.165, 1.54) is 6.07 Å². The van der Waals surface area contributed by atoms with Gasteiger partial charge in [-0.3, -0.25) is 0 Å². The molecule has 0 aliphatic rings. The van der Waals surface area contributed by atoms with Crippen LogP contribution in [0.2, 0.25) is 0 Å². The molecular weight excluding hydrogens is 233 g/mol. The molecule has 3 nitrogen and oxygen atoms in total. The van der Waals surface area contributed by atoms with Crippen LogP contribution in [0.3, 0.4) is 0 Å². The van der Waals surface area contributed by atoms with Gasteiger partial charge in [-0.2, -0.15) is 0 Å². The van der Waals surface area contributed by atoms with E-state index in [1.807, 2.05) is 11.4 Å². The van der Waals surface area contributed by atoms with Gasteiger partial charge in [-0.25, -0.2) is 4.39 Å². The zero-order valence-corrected chi connectivity index (χ0v) is 10.3. The molecule has 1 atom stereocenters. The minimum atomic E-state index is -0.342. The number of aliphatic hydroxyl groups is 1. The van der Waals surface area contributed by atoms with Gasteiger partial charge >= 0.3 is 0 Å². The quantitative estimate of drug-likeness (QED) is 0.845. The lowest BCUT2D eigenvalue weighted by Crippen LogP contribution is -2.84. The van der Waals surface area contributed by atoms with Crippen LogP contribution in [0.5, 0.6) is 0 Å². The number of hydrogen-bond donors (Lipinski definition) is 2. The summed E-state index contributed by atoms with van der Waals surface area (Å²) in [4.78, 5) is 0. The van der Waals surface area contributed by atoms with Crippen molar-refractivity contribution >= 4 is 0 Å².